The number of alkyl halides is 1. The summed E-state index contributed by atoms with van der Waals surface area (Å²) in [6, 6.07) is 3.99. The smallest absolute Gasteiger partial charge is 0.163 e. The normalized spacial score (nSPS) is 9.93. The molecular formula is C10H10BrFO2. The number of Topliss-reactive ketones (excluding diaryl/α,β-unsaturated/α-hetero) is 1. The highest BCUT2D eigenvalue weighted by Crippen LogP contribution is 2.17. The number of carbonyl (C=O) groups excluding carboxylic acids is 1. The molecule has 0 N–H and O–H groups in total. The molecule has 0 aliphatic heterocycles. The Labute approximate surface area is 90.2 Å². The van der Waals surface area contributed by atoms with Gasteiger partial charge in [0.2, 0.25) is 0 Å². The van der Waals surface area contributed by atoms with Crippen LogP contribution < -0.4 is 4.74 Å². The molecule has 0 bridgehead atoms. The highest BCUT2D eigenvalue weighted by Gasteiger charge is 2.08. The second-order valence-electron chi connectivity index (χ2n) is 2.74. The molecular weight excluding hydrogens is 251 g/mol. The number of ether oxygens (including phenoxy) is 1. The van der Waals surface area contributed by atoms with Crippen molar-refractivity contribution in [2.75, 3.05) is 12.4 Å². The monoisotopic (exact) mass is 260 g/mol. The Balaban J connectivity index is 2.96. The molecule has 0 unspecified atom stereocenters. The van der Waals surface area contributed by atoms with Gasteiger partial charge in [-0.1, -0.05) is 15.9 Å². The molecule has 2 nitrogen and oxygen atoms in total. The lowest BCUT2D eigenvalue weighted by Crippen LogP contribution is -2.00. The Morgan fingerprint density at radius 3 is 2.79 bits per heavy atom. The second kappa shape index (κ2) is 5.10. The lowest BCUT2D eigenvalue weighted by Gasteiger charge is -2.03. The first-order chi connectivity index (χ1) is 6.67. The summed E-state index contributed by atoms with van der Waals surface area (Å²) in [5.41, 5.74) is 0.348. The van der Waals surface area contributed by atoms with E-state index in [1.54, 1.807) is 0 Å². The molecule has 0 heterocycles. The predicted octanol–water partition coefficient (Wildman–Crippen LogP) is 2.80. The number of rotatable bonds is 4. The van der Waals surface area contributed by atoms with Gasteiger partial charge in [-0.15, -0.1) is 0 Å². The first-order valence-electron chi connectivity index (χ1n) is 4.11. The van der Waals surface area contributed by atoms with E-state index in [0.717, 1.165) is 0 Å². The van der Waals surface area contributed by atoms with Crippen LogP contribution in [0.15, 0.2) is 18.2 Å². The van der Waals surface area contributed by atoms with Crippen LogP contribution in [0.25, 0.3) is 0 Å². The molecule has 1 aromatic carbocycles. The molecule has 0 radical (unpaired) electrons. The Kier molecular flexibility index (Phi) is 4.07. The molecule has 0 aliphatic carbocycles. The van der Waals surface area contributed by atoms with E-state index in [1.165, 1.54) is 25.3 Å². The maximum atomic E-state index is 13.0. The Morgan fingerprint density at radius 1 is 1.50 bits per heavy atom. The first kappa shape index (κ1) is 11.2. The Morgan fingerprint density at radius 2 is 2.21 bits per heavy atom. The summed E-state index contributed by atoms with van der Waals surface area (Å²) in [5.74, 6) is -0.190. The lowest BCUT2D eigenvalue weighted by atomic mass is 10.1. The van der Waals surface area contributed by atoms with Crippen molar-refractivity contribution >= 4 is 21.7 Å². The van der Waals surface area contributed by atoms with Crippen molar-refractivity contribution < 1.29 is 13.9 Å². The zero-order valence-electron chi connectivity index (χ0n) is 7.72. The fourth-order valence-corrected chi connectivity index (χ4v) is 1.43. The number of benzene rings is 1. The summed E-state index contributed by atoms with van der Waals surface area (Å²) in [7, 11) is 1.44. The van der Waals surface area contributed by atoms with Crippen LogP contribution >= 0.6 is 15.9 Å². The minimum Gasteiger partial charge on any atom is -0.497 e. The topological polar surface area (TPSA) is 26.3 Å². The van der Waals surface area contributed by atoms with Gasteiger partial charge in [0.25, 0.3) is 0 Å². The van der Waals surface area contributed by atoms with Gasteiger partial charge < -0.3 is 4.74 Å². The second-order valence-corrected chi connectivity index (χ2v) is 3.53. The van der Waals surface area contributed by atoms with Crippen LogP contribution in [-0.2, 0) is 0 Å². The largest absolute Gasteiger partial charge is 0.497 e. The first-order valence-corrected chi connectivity index (χ1v) is 5.23. The molecule has 0 aliphatic rings. The molecule has 0 aromatic heterocycles. The van der Waals surface area contributed by atoms with Gasteiger partial charge in [-0.2, -0.15) is 0 Å². The average Bonchev–Trinajstić information content (AvgIpc) is 2.17. The molecule has 4 heteroatoms. The zero-order chi connectivity index (χ0) is 10.6. The maximum absolute atomic E-state index is 13.0. The van der Waals surface area contributed by atoms with Crippen LogP contribution in [0.2, 0.25) is 0 Å². The third-order valence-corrected chi connectivity index (χ3v) is 2.15. The van der Waals surface area contributed by atoms with Gasteiger partial charge in [0.15, 0.2) is 5.78 Å². The molecule has 0 spiro atoms. The number of halogens is 2. The molecule has 0 saturated carbocycles. The maximum Gasteiger partial charge on any atom is 0.163 e. The van der Waals surface area contributed by atoms with Gasteiger partial charge in [-0.25, -0.2) is 4.39 Å². The van der Waals surface area contributed by atoms with Crippen LogP contribution in [0.4, 0.5) is 4.39 Å². The van der Waals surface area contributed by atoms with Gasteiger partial charge in [0, 0.05) is 23.4 Å². The van der Waals surface area contributed by atoms with Crippen LogP contribution in [0.1, 0.15) is 16.8 Å². The molecule has 0 saturated heterocycles. The van der Waals surface area contributed by atoms with Crippen LogP contribution in [0, 0.1) is 5.82 Å². The molecule has 0 atom stereocenters. The van der Waals surface area contributed by atoms with Crippen molar-refractivity contribution in [3.63, 3.8) is 0 Å². The number of ketones is 1. The van der Waals surface area contributed by atoms with Crippen molar-refractivity contribution in [2.45, 2.75) is 6.42 Å². The fourth-order valence-electron chi connectivity index (χ4n) is 1.07. The van der Waals surface area contributed by atoms with E-state index in [9.17, 15) is 9.18 Å². The van der Waals surface area contributed by atoms with E-state index in [1.807, 2.05) is 0 Å². The Hall–Kier alpha value is -0.900. The number of carbonyl (C=O) groups is 1. The van der Waals surface area contributed by atoms with Gasteiger partial charge in [0.05, 0.1) is 7.11 Å². The number of methoxy groups -OCH3 is 1. The van der Waals surface area contributed by atoms with E-state index in [2.05, 4.69) is 15.9 Å². The summed E-state index contributed by atoms with van der Waals surface area (Å²) in [6.07, 6.45) is 0.354. The predicted molar refractivity (Wildman–Crippen MR) is 55.7 cm³/mol. The SMILES string of the molecule is COc1cc(F)cc(C(=O)CCBr)c1. The fraction of sp³-hybridized carbons (Fsp3) is 0.300. The summed E-state index contributed by atoms with van der Waals surface area (Å²) in [6.45, 7) is 0. The highest BCUT2D eigenvalue weighted by atomic mass is 79.9. The van der Waals surface area contributed by atoms with Crippen LogP contribution in [-0.4, -0.2) is 18.2 Å². The van der Waals surface area contributed by atoms with Crippen molar-refractivity contribution in [3.8, 4) is 5.75 Å². The zero-order valence-corrected chi connectivity index (χ0v) is 9.30. The van der Waals surface area contributed by atoms with Gasteiger partial charge in [-0.05, 0) is 12.1 Å². The molecule has 0 fully saturated rings. The van der Waals surface area contributed by atoms with Crippen molar-refractivity contribution in [1.29, 1.82) is 0 Å². The molecule has 14 heavy (non-hydrogen) atoms. The van der Waals surface area contributed by atoms with E-state index >= 15 is 0 Å². The summed E-state index contributed by atoms with van der Waals surface area (Å²) < 4.78 is 17.8. The van der Waals surface area contributed by atoms with Crippen molar-refractivity contribution in [1.82, 2.24) is 0 Å². The van der Waals surface area contributed by atoms with E-state index < -0.39 is 5.82 Å². The average molecular weight is 261 g/mol. The molecule has 1 rings (SSSR count). The summed E-state index contributed by atoms with van der Waals surface area (Å²) in [5, 5.41) is 0.574. The van der Waals surface area contributed by atoms with Crippen molar-refractivity contribution in [3.05, 3.63) is 29.6 Å². The Bertz CT molecular complexity index is 339. The lowest BCUT2D eigenvalue weighted by molar-refractivity contribution is 0.0989. The molecule has 1 aromatic rings. The van der Waals surface area contributed by atoms with Gasteiger partial charge in [-0.3, -0.25) is 4.79 Å². The van der Waals surface area contributed by atoms with E-state index in [4.69, 9.17) is 4.74 Å². The summed E-state index contributed by atoms with van der Waals surface area (Å²) in [4.78, 5) is 11.4. The van der Waals surface area contributed by atoms with Crippen molar-refractivity contribution in [2.24, 2.45) is 0 Å². The van der Waals surface area contributed by atoms with E-state index in [0.29, 0.717) is 23.1 Å². The van der Waals surface area contributed by atoms with Crippen LogP contribution in [0.5, 0.6) is 5.75 Å². The van der Waals surface area contributed by atoms with Gasteiger partial charge in [0.1, 0.15) is 11.6 Å². The highest BCUT2D eigenvalue weighted by molar-refractivity contribution is 9.09. The van der Waals surface area contributed by atoms with Gasteiger partial charge >= 0.3 is 0 Å². The quantitative estimate of drug-likeness (QED) is 0.615. The third kappa shape index (κ3) is 2.80. The third-order valence-electron chi connectivity index (χ3n) is 1.75. The standard InChI is InChI=1S/C10H10BrFO2/c1-14-9-5-7(4-8(12)6-9)10(13)2-3-11/h4-6H,2-3H2,1H3. The minimum atomic E-state index is -0.456. The minimum absolute atomic E-state index is 0.0975. The van der Waals surface area contributed by atoms with E-state index in [-0.39, 0.29) is 5.78 Å². The summed E-state index contributed by atoms with van der Waals surface area (Å²) >= 11 is 3.16. The number of hydrogen-bond donors (Lipinski definition) is 0. The number of hydrogen-bond acceptors (Lipinski definition) is 2. The molecule has 0 amide bonds. The van der Waals surface area contributed by atoms with Crippen LogP contribution in [0.3, 0.4) is 0 Å². The molecule has 76 valence electrons.